The number of hydrogen-bond donors (Lipinski definition) is 2. The van der Waals surface area contributed by atoms with Crippen LogP contribution in [0.25, 0.3) is 0 Å². The van der Waals surface area contributed by atoms with Crippen LogP contribution >= 0.6 is 12.2 Å². The van der Waals surface area contributed by atoms with Crippen molar-refractivity contribution in [2.24, 2.45) is 5.73 Å². The number of nitrogens with two attached hydrogens (primary N) is 1. The maximum Gasteiger partial charge on any atom is 0.0816 e. The molecule has 0 aliphatic carbocycles. The molecule has 0 saturated carbocycles. The van der Waals surface area contributed by atoms with E-state index in [2.05, 4.69) is 36.0 Å². The second-order valence-electron chi connectivity index (χ2n) is 6.13. The first-order valence-corrected chi connectivity index (χ1v) is 7.79. The van der Waals surface area contributed by atoms with Gasteiger partial charge in [-0.2, -0.15) is 0 Å². The van der Waals surface area contributed by atoms with Gasteiger partial charge in [0, 0.05) is 31.6 Å². The first-order valence-electron chi connectivity index (χ1n) is 7.38. The van der Waals surface area contributed by atoms with Crippen LogP contribution in [-0.4, -0.2) is 65.8 Å². The smallest absolute Gasteiger partial charge is 0.0816 e. The van der Waals surface area contributed by atoms with Crippen molar-refractivity contribution in [1.29, 1.82) is 0 Å². The fraction of sp³-hybridized carbons (Fsp3) is 0.562. The Kier molecular flexibility index (Phi) is 5.70. The van der Waals surface area contributed by atoms with Crippen LogP contribution in [0.4, 0.5) is 0 Å². The van der Waals surface area contributed by atoms with Gasteiger partial charge in [-0.15, -0.1) is 0 Å². The summed E-state index contributed by atoms with van der Waals surface area (Å²) in [5.74, 6) is 0.0381. The lowest BCUT2D eigenvalue weighted by atomic mass is 9.98. The van der Waals surface area contributed by atoms with Crippen molar-refractivity contribution in [2.45, 2.75) is 24.5 Å². The van der Waals surface area contributed by atoms with Crippen LogP contribution in [0.5, 0.6) is 0 Å². The Bertz CT molecular complexity index is 466. The molecule has 2 rings (SSSR count). The highest BCUT2D eigenvalue weighted by molar-refractivity contribution is 7.80. The second-order valence-corrected chi connectivity index (χ2v) is 6.60. The molecule has 1 aromatic carbocycles. The number of aliphatic hydroxyl groups is 1. The number of likely N-dealkylation sites (tertiary alicyclic amines) is 1. The minimum Gasteiger partial charge on any atom is -0.393 e. The largest absolute Gasteiger partial charge is 0.393 e. The first-order chi connectivity index (χ1) is 9.97. The van der Waals surface area contributed by atoms with Crippen molar-refractivity contribution in [2.75, 3.05) is 33.7 Å². The van der Waals surface area contributed by atoms with Crippen molar-refractivity contribution in [3.05, 3.63) is 35.9 Å². The fourth-order valence-corrected chi connectivity index (χ4v) is 3.28. The van der Waals surface area contributed by atoms with Gasteiger partial charge < -0.3 is 15.7 Å². The maximum absolute atomic E-state index is 9.98. The Morgan fingerprint density at radius 3 is 2.67 bits per heavy atom. The van der Waals surface area contributed by atoms with E-state index in [0.717, 1.165) is 25.1 Å². The first kappa shape index (κ1) is 16.4. The Morgan fingerprint density at radius 1 is 1.43 bits per heavy atom. The van der Waals surface area contributed by atoms with Gasteiger partial charge in [0.1, 0.15) is 0 Å². The van der Waals surface area contributed by atoms with Crippen LogP contribution in [-0.2, 0) is 0 Å². The second kappa shape index (κ2) is 7.31. The number of aliphatic hydroxyl groups excluding tert-OH is 1. The monoisotopic (exact) mass is 307 g/mol. The lowest BCUT2D eigenvalue weighted by Crippen LogP contribution is -2.41. The van der Waals surface area contributed by atoms with E-state index in [1.165, 1.54) is 0 Å². The van der Waals surface area contributed by atoms with Crippen molar-refractivity contribution in [3.63, 3.8) is 0 Å². The van der Waals surface area contributed by atoms with E-state index in [1.807, 2.05) is 18.2 Å². The average molecular weight is 307 g/mol. The molecule has 0 amide bonds. The molecule has 4 nitrogen and oxygen atoms in total. The topological polar surface area (TPSA) is 52.7 Å². The number of hydrogen-bond acceptors (Lipinski definition) is 4. The van der Waals surface area contributed by atoms with Crippen molar-refractivity contribution in [1.82, 2.24) is 9.80 Å². The molecule has 1 fully saturated rings. The highest BCUT2D eigenvalue weighted by Crippen LogP contribution is 2.24. The Labute approximate surface area is 132 Å². The number of rotatable bonds is 6. The molecule has 3 atom stereocenters. The van der Waals surface area contributed by atoms with E-state index >= 15 is 0 Å². The molecule has 0 spiro atoms. The molecule has 1 aliphatic heterocycles. The van der Waals surface area contributed by atoms with E-state index < -0.39 is 0 Å². The zero-order valence-corrected chi connectivity index (χ0v) is 13.6. The SMILES string of the molecule is CN(C)CC1CC(O)CN1CC(C(N)=S)c1ccccc1. The fourth-order valence-electron chi connectivity index (χ4n) is 3.07. The molecule has 3 unspecified atom stereocenters. The molecule has 5 heteroatoms. The molecule has 1 aliphatic rings. The summed E-state index contributed by atoms with van der Waals surface area (Å²) in [6, 6.07) is 10.5. The zero-order chi connectivity index (χ0) is 15.4. The summed E-state index contributed by atoms with van der Waals surface area (Å²) in [7, 11) is 4.12. The zero-order valence-electron chi connectivity index (χ0n) is 12.8. The van der Waals surface area contributed by atoms with Crippen LogP contribution in [0.1, 0.15) is 17.9 Å². The molecule has 116 valence electrons. The van der Waals surface area contributed by atoms with Crippen LogP contribution in [0, 0.1) is 0 Å². The third-order valence-electron chi connectivity index (χ3n) is 4.04. The van der Waals surface area contributed by atoms with Crippen molar-refractivity contribution < 1.29 is 5.11 Å². The van der Waals surface area contributed by atoms with Gasteiger partial charge in [0.2, 0.25) is 0 Å². The average Bonchev–Trinajstić information content (AvgIpc) is 2.75. The predicted octanol–water partition coefficient (Wildman–Crippen LogP) is 1.05. The number of thiocarbonyl (C=S) groups is 1. The normalized spacial score (nSPS) is 24.4. The van der Waals surface area contributed by atoms with Crippen LogP contribution < -0.4 is 5.73 Å². The third kappa shape index (κ3) is 4.48. The van der Waals surface area contributed by atoms with Gasteiger partial charge in [-0.05, 0) is 26.1 Å². The van der Waals surface area contributed by atoms with Gasteiger partial charge in [0.25, 0.3) is 0 Å². The summed E-state index contributed by atoms with van der Waals surface area (Å²) >= 11 is 5.27. The molecule has 0 bridgehead atoms. The molecule has 1 saturated heterocycles. The number of benzene rings is 1. The minimum atomic E-state index is -0.252. The predicted molar refractivity (Wildman–Crippen MR) is 90.5 cm³/mol. The van der Waals surface area contributed by atoms with E-state index in [0.29, 0.717) is 17.6 Å². The highest BCUT2D eigenvalue weighted by atomic mass is 32.1. The summed E-state index contributed by atoms with van der Waals surface area (Å²) in [4.78, 5) is 5.00. The number of likely N-dealkylation sites (N-methyl/N-ethyl adjacent to an activating group) is 1. The Hall–Kier alpha value is -1.01. The number of nitrogens with zero attached hydrogens (tertiary/aromatic N) is 2. The number of β-amino-alcohol motifs (C(OH)–C–C–N with tert-alkyl or cyclic N) is 1. The van der Waals surface area contributed by atoms with Crippen LogP contribution in [0.15, 0.2) is 30.3 Å². The lowest BCUT2D eigenvalue weighted by molar-refractivity contribution is 0.172. The summed E-state index contributed by atoms with van der Waals surface area (Å²) < 4.78 is 0. The van der Waals surface area contributed by atoms with Gasteiger partial charge in [-0.25, -0.2) is 0 Å². The molecular formula is C16H25N3OS. The molecule has 0 radical (unpaired) electrons. The Balaban J connectivity index is 2.10. The molecule has 3 N–H and O–H groups in total. The summed E-state index contributed by atoms with van der Waals surface area (Å²) in [5, 5.41) is 9.98. The molecule has 1 heterocycles. The molecule has 0 aromatic heterocycles. The standard InChI is InChI=1S/C16H25N3OS/c1-18(2)9-13-8-14(20)10-19(13)11-15(16(17)21)12-6-4-3-5-7-12/h3-7,13-15,20H,8-11H2,1-2H3,(H2,17,21). The van der Waals surface area contributed by atoms with E-state index in [-0.39, 0.29) is 12.0 Å². The quantitative estimate of drug-likeness (QED) is 0.770. The van der Waals surface area contributed by atoms with Crippen LogP contribution in [0.2, 0.25) is 0 Å². The van der Waals surface area contributed by atoms with Gasteiger partial charge in [0.05, 0.1) is 11.1 Å². The van der Waals surface area contributed by atoms with E-state index in [1.54, 1.807) is 0 Å². The molecule has 21 heavy (non-hydrogen) atoms. The van der Waals surface area contributed by atoms with E-state index in [4.69, 9.17) is 18.0 Å². The van der Waals surface area contributed by atoms with Crippen molar-refractivity contribution in [3.8, 4) is 0 Å². The maximum atomic E-state index is 9.98. The van der Waals surface area contributed by atoms with Gasteiger partial charge in [-0.3, -0.25) is 4.90 Å². The summed E-state index contributed by atoms with van der Waals surface area (Å²) in [6.07, 6.45) is 0.564. The minimum absolute atomic E-state index is 0.0381. The van der Waals surface area contributed by atoms with E-state index in [9.17, 15) is 5.11 Å². The lowest BCUT2D eigenvalue weighted by Gasteiger charge is -2.30. The summed E-state index contributed by atoms with van der Waals surface area (Å²) in [6.45, 7) is 2.41. The highest BCUT2D eigenvalue weighted by Gasteiger charge is 2.33. The molecule has 1 aromatic rings. The van der Waals surface area contributed by atoms with Gasteiger partial charge >= 0.3 is 0 Å². The summed E-state index contributed by atoms with van der Waals surface area (Å²) in [5.41, 5.74) is 7.11. The van der Waals surface area contributed by atoms with Gasteiger partial charge in [0.15, 0.2) is 0 Å². The molecular weight excluding hydrogens is 282 g/mol. The third-order valence-corrected chi connectivity index (χ3v) is 4.33. The van der Waals surface area contributed by atoms with Crippen LogP contribution in [0.3, 0.4) is 0 Å². The van der Waals surface area contributed by atoms with Gasteiger partial charge in [-0.1, -0.05) is 42.5 Å². The van der Waals surface area contributed by atoms with Crippen molar-refractivity contribution >= 4 is 17.2 Å². The Morgan fingerprint density at radius 2 is 2.10 bits per heavy atom.